The average molecular weight is 323 g/mol. The zero-order chi connectivity index (χ0) is 14.9. The van der Waals surface area contributed by atoms with Crippen LogP contribution in [0.25, 0.3) is 0 Å². The van der Waals surface area contributed by atoms with E-state index in [1.807, 2.05) is 0 Å². The molecule has 1 aliphatic rings. The van der Waals surface area contributed by atoms with Gasteiger partial charge in [0.05, 0.1) is 6.61 Å². The van der Waals surface area contributed by atoms with Gasteiger partial charge in [0.1, 0.15) is 0 Å². The molecule has 1 rings (SSSR count). The summed E-state index contributed by atoms with van der Waals surface area (Å²) in [4.78, 5) is 28.9. The Hall–Kier alpha value is 0.120. The van der Waals surface area contributed by atoms with Gasteiger partial charge in [-0.15, -0.1) is 0 Å². The number of piperidine rings is 1. The van der Waals surface area contributed by atoms with Crippen LogP contribution in [0.5, 0.6) is 0 Å². The molecule has 0 aromatic heterocycles. The predicted molar refractivity (Wildman–Crippen MR) is 63.0 cm³/mol. The minimum absolute atomic E-state index is 0.214. The highest BCUT2D eigenvalue weighted by atomic mass is 31.2. The molecule has 19 heavy (non-hydrogen) atoms. The van der Waals surface area contributed by atoms with Crippen LogP contribution in [-0.2, 0) is 13.7 Å². The van der Waals surface area contributed by atoms with Crippen LogP contribution in [0.2, 0.25) is 0 Å². The van der Waals surface area contributed by atoms with Crippen LogP contribution in [0.15, 0.2) is 0 Å². The van der Waals surface area contributed by atoms with Gasteiger partial charge in [-0.05, 0) is 6.92 Å². The van der Waals surface area contributed by atoms with Crippen molar-refractivity contribution in [1.29, 1.82) is 0 Å². The Kier molecular flexibility index (Phi) is 5.29. The van der Waals surface area contributed by atoms with Crippen molar-refractivity contribution in [3.63, 3.8) is 0 Å². The van der Waals surface area contributed by atoms with E-state index in [0.717, 1.165) is 4.90 Å². The quantitative estimate of drug-likeness (QED) is 0.656. The molecule has 0 amide bonds. The zero-order valence-corrected chi connectivity index (χ0v) is 12.1. The Bertz CT molecular complexity index is 404. The van der Waals surface area contributed by atoms with Gasteiger partial charge < -0.3 is 19.2 Å². The molecule has 0 bridgehead atoms. The topological polar surface area (TPSA) is 107 Å². The second kappa shape index (κ2) is 5.85. The first-order valence-electron chi connectivity index (χ1n) is 5.64. The molecule has 0 spiro atoms. The van der Waals surface area contributed by atoms with Crippen molar-refractivity contribution < 1.29 is 37.1 Å². The smallest absolute Gasteiger partial charge is 0.323 e. The third-order valence-corrected chi connectivity index (χ3v) is 7.01. The first-order chi connectivity index (χ1) is 8.49. The lowest BCUT2D eigenvalue weighted by Gasteiger charge is -2.38. The van der Waals surface area contributed by atoms with E-state index in [4.69, 9.17) is 0 Å². The summed E-state index contributed by atoms with van der Waals surface area (Å²) in [6.07, 6.45) is -1.23. The number of hydrogen-bond acceptors (Lipinski definition) is 4. The monoisotopic (exact) mass is 323 g/mol. The number of nitrogens with zero attached hydrogens (tertiary/aromatic N) is 1. The van der Waals surface area contributed by atoms with Crippen molar-refractivity contribution in [2.24, 2.45) is 0 Å². The highest BCUT2D eigenvalue weighted by Gasteiger charge is 2.51. The summed E-state index contributed by atoms with van der Waals surface area (Å²) in [5, 5.41) is 0. The third-order valence-electron chi connectivity index (χ3n) is 2.76. The van der Waals surface area contributed by atoms with E-state index in [1.54, 1.807) is 0 Å². The van der Waals surface area contributed by atoms with Gasteiger partial charge >= 0.3 is 15.2 Å². The minimum Gasteiger partial charge on any atom is -0.323 e. The summed E-state index contributed by atoms with van der Waals surface area (Å²) >= 11 is 0. The van der Waals surface area contributed by atoms with Gasteiger partial charge in [0.2, 0.25) is 5.52 Å². The second-order valence-electron chi connectivity index (χ2n) is 4.31. The van der Waals surface area contributed by atoms with Crippen LogP contribution in [0.3, 0.4) is 0 Å². The first-order valence-corrected chi connectivity index (χ1v) is 8.96. The van der Waals surface area contributed by atoms with E-state index in [9.17, 15) is 32.6 Å². The van der Waals surface area contributed by atoms with Gasteiger partial charge in [0.25, 0.3) is 5.92 Å². The summed E-state index contributed by atoms with van der Waals surface area (Å²) in [5.41, 5.74) is -2.09. The number of likely N-dealkylation sites (tertiary alicyclic amines) is 1. The molecule has 1 fully saturated rings. The molecule has 0 saturated carbocycles. The van der Waals surface area contributed by atoms with Crippen molar-refractivity contribution >= 4 is 15.2 Å². The Balaban J connectivity index is 2.95. The molecule has 0 aromatic rings. The highest BCUT2D eigenvalue weighted by Crippen LogP contribution is 2.64. The zero-order valence-electron chi connectivity index (χ0n) is 10.3. The minimum atomic E-state index is -4.99. The molecule has 2 atom stereocenters. The lowest BCUT2D eigenvalue weighted by Crippen LogP contribution is -2.45. The van der Waals surface area contributed by atoms with Crippen LogP contribution in [0.1, 0.15) is 19.8 Å². The number of alkyl halides is 2. The standard InChI is InChI=1S/C8H17F2NO6P2/c1-2-17-19(15,16)7(18(12,13)14)11-5-3-8(9,10)4-6-11/h7H,2-6H2,1H3,(H,15,16)(H2,12,13,14). The van der Waals surface area contributed by atoms with Gasteiger partial charge in [-0.2, -0.15) is 0 Å². The summed E-state index contributed by atoms with van der Waals surface area (Å²) < 4.78 is 53.7. The summed E-state index contributed by atoms with van der Waals surface area (Å²) in [5.74, 6) is -2.92. The van der Waals surface area contributed by atoms with Crippen LogP contribution in [-0.4, -0.2) is 50.7 Å². The molecule has 1 aliphatic heterocycles. The Morgan fingerprint density at radius 2 is 1.74 bits per heavy atom. The fourth-order valence-corrected chi connectivity index (χ4v) is 5.47. The largest absolute Gasteiger partial charge is 0.357 e. The molecule has 11 heteroatoms. The molecular formula is C8H17F2NO6P2. The van der Waals surface area contributed by atoms with Crippen molar-refractivity contribution in [1.82, 2.24) is 4.90 Å². The molecule has 1 heterocycles. The highest BCUT2D eigenvalue weighted by molar-refractivity contribution is 7.71. The number of hydrogen-bond donors (Lipinski definition) is 3. The Morgan fingerprint density at radius 1 is 1.26 bits per heavy atom. The molecule has 0 radical (unpaired) electrons. The van der Waals surface area contributed by atoms with Crippen LogP contribution >= 0.6 is 15.2 Å². The molecular weight excluding hydrogens is 306 g/mol. The fourth-order valence-electron chi connectivity index (χ4n) is 1.94. The number of rotatable bonds is 5. The molecule has 2 unspecified atom stereocenters. The molecule has 114 valence electrons. The summed E-state index contributed by atoms with van der Waals surface area (Å²) in [6, 6.07) is 0. The maximum absolute atomic E-state index is 13.0. The fraction of sp³-hybridized carbons (Fsp3) is 1.00. The lowest BCUT2D eigenvalue weighted by atomic mass is 10.1. The molecule has 7 nitrogen and oxygen atoms in total. The maximum atomic E-state index is 13.0. The van der Waals surface area contributed by atoms with Crippen molar-refractivity contribution in [3.05, 3.63) is 0 Å². The second-order valence-corrected chi connectivity index (χ2v) is 8.26. The third kappa shape index (κ3) is 4.56. The first kappa shape index (κ1) is 17.2. The molecule has 0 aromatic carbocycles. The molecule has 1 saturated heterocycles. The number of halogens is 2. The van der Waals surface area contributed by atoms with Gasteiger partial charge in [-0.1, -0.05) is 0 Å². The average Bonchev–Trinajstić information content (AvgIpc) is 2.18. The van der Waals surface area contributed by atoms with Crippen molar-refractivity contribution in [2.45, 2.75) is 31.2 Å². The predicted octanol–water partition coefficient (Wildman–Crippen LogP) is 1.40. The molecule has 0 aliphatic carbocycles. The van der Waals surface area contributed by atoms with Gasteiger partial charge in [-0.25, -0.2) is 8.78 Å². The Morgan fingerprint density at radius 3 is 2.11 bits per heavy atom. The van der Waals surface area contributed by atoms with Crippen molar-refractivity contribution in [2.75, 3.05) is 19.7 Å². The van der Waals surface area contributed by atoms with E-state index >= 15 is 0 Å². The van der Waals surface area contributed by atoms with E-state index in [1.165, 1.54) is 6.92 Å². The van der Waals surface area contributed by atoms with E-state index in [-0.39, 0.29) is 19.7 Å². The molecule has 3 N–H and O–H groups in total. The van der Waals surface area contributed by atoms with Crippen LogP contribution in [0, 0.1) is 0 Å². The normalized spacial score (nSPS) is 25.8. The van der Waals surface area contributed by atoms with Crippen LogP contribution < -0.4 is 0 Å². The Labute approximate surface area is 109 Å². The van der Waals surface area contributed by atoms with Gasteiger partial charge in [-0.3, -0.25) is 14.0 Å². The van der Waals surface area contributed by atoms with E-state index in [2.05, 4.69) is 4.52 Å². The van der Waals surface area contributed by atoms with Gasteiger partial charge in [0.15, 0.2) is 0 Å². The van der Waals surface area contributed by atoms with Crippen LogP contribution in [0.4, 0.5) is 8.78 Å². The van der Waals surface area contributed by atoms with E-state index in [0.29, 0.717) is 0 Å². The van der Waals surface area contributed by atoms with E-state index < -0.39 is 39.5 Å². The maximum Gasteiger partial charge on any atom is 0.357 e. The van der Waals surface area contributed by atoms with Gasteiger partial charge in [0, 0.05) is 25.9 Å². The summed E-state index contributed by atoms with van der Waals surface area (Å²) in [6.45, 7) is 0.430. The van der Waals surface area contributed by atoms with Crippen molar-refractivity contribution in [3.8, 4) is 0 Å². The lowest BCUT2D eigenvalue weighted by molar-refractivity contribution is -0.0561. The SMILES string of the molecule is CCOP(=O)(O)C(N1CCC(F)(F)CC1)P(=O)(O)O. The summed E-state index contributed by atoms with van der Waals surface area (Å²) in [7, 11) is -9.61.